The maximum absolute atomic E-state index is 12.5. The first kappa shape index (κ1) is 23.9. The van der Waals surface area contributed by atoms with Gasteiger partial charge in [-0.3, -0.25) is 14.4 Å². The van der Waals surface area contributed by atoms with E-state index in [1.54, 1.807) is 0 Å². The Morgan fingerprint density at radius 3 is 2.06 bits per heavy atom. The maximum atomic E-state index is 12.5. The number of alkyl halides is 1. The van der Waals surface area contributed by atoms with E-state index >= 15 is 0 Å². The highest BCUT2D eigenvalue weighted by Crippen LogP contribution is 2.04. The van der Waals surface area contributed by atoms with Crippen molar-refractivity contribution in [2.45, 2.75) is 19.1 Å². The number of Topliss-reactive ketones (excluding diaryl/α,β-unsaturated/α-hetero) is 1. The molecule has 0 saturated heterocycles. The van der Waals surface area contributed by atoms with E-state index in [9.17, 15) is 19.2 Å². The molecule has 3 amide bonds. The second-order valence-electron chi connectivity index (χ2n) is 6.62. The van der Waals surface area contributed by atoms with Crippen LogP contribution < -0.4 is 16.0 Å². The Labute approximate surface area is 185 Å². The van der Waals surface area contributed by atoms with Gasteiger partial charge in [-0.2, -0.15) is 0 Å². The van der Waals surface area contributed by atoms with Crippen molar-refractivity contribution in [3.8, 4) is 0 Å². The highest BCUT2D eigenvalue weighted by Gasteiger charge is 2.22. The molecule has 9 heteroatoms. The Morgan fingerprint density at radius 2 is 1.45 bits per heavy atom. The number of benzene rings is 2. The van der Waals surface area contributed by atoms with Crippen LogP contribution in [0.5, 0.6) is 0 Å². The van der Waals surface area contributed by atoms with Crippen LogP contribution in [0.4, 0.5) is 4.79 Å². The highest BCUT2D eigenvalue weighted by molar-refractivity contribution is 6.28. The summed E-state index contributed by atoms with van der Waals surface area (Å²) in [4.78, 5) is 47.9. The van der Waals surface area contributed by atoms with E-state index in [1.807, 2.05) is 60.7 Å². The van der Waals surface area contributed by atoms with Crippen molar-refractivity contribution >= 4 is 35.3 Å². The van der Waals surface area contributed by atoms with Crippen LogP contribution in [-0.4, -0.2) is 48.7 Å². The van der Waals surface area contributed by atoms with Crippen molar-refractivity contribution in [2.24, 2.45) is 0 Å². The van der Waals surface area contributed by atoms with Crippen molar-refractivity contribution in [3.05, 3.63) is 71.8 Å². The van der Waals surface area contributed by atoms with Gasteiger partial charge in [0.1, 0.15) is 19.2 Å². The van der Waals surface area contributed by atoms with Crippen LogP contribution in [-0.2, 0) is 32.1 Å². The van der Waals surface area contributed by atoms with Crippen LogP contribution in [0.1, 0.15) is 11.1 Å². The van der Waals surface area contributed by atoms with Gasteiger partial charge in [0.15, 0.2) is 5.78 Å². The third-order valence-electron chi connectivity index (χ3n) is 4.15. The molecule has 3 N–H and O–H groups in total. The molecule has 0 aromatic heterocycles. The van der Waals surface area contributed by atoms with E-state index in [0.717, 1.165) is 11.1 Å². The first-order valence-corrected chi connectivity index (χ1v) is 10.1. The number of hydrogen-bond acceptors (Lipinski definition) is 5. The third-order valence-corrected chi connectivity index (χ3v) is 4.45. The Bertz CT molecular complexity index is 877. The molecule has 2 aromatic carbocycles. The monoisotopic (exact) mass is 445 g/mol. The quantitative estimate of drug-likeness (QED) is 0.454. The summed E-state index contributed by atoms with van der Waals surface area (Å²) < 4.78 is 5.04. The number of halogens is 1. The van der Waals surface area contributed by atoms with E-state index < -0.39 is 23.9 Å². The van der Waals surface area contributed by atoms with Gasteiger partial charge in [-0.05, 0) is 11.1 Å². The van der Waals surface area contributed by atoms with Gasteiger partial charge < -0.3 is 20.7 Å². The zero-order chi connectivity index (χ0) is 22.5. The standard InChI is InChI=1S/C22H24ClN3O5/c23-12-18(27)13-24-21(29)19(11-16-7-3-1-4-8-16)26-20(28)14-25-22(30)31-15-17-9-5-2-6-10-17/h1-10,19H,11-15H2,(H,24,29)(H,25,30)(H,26,28). The van der Waals surface area contributed by atoms with Crippen LogP contribution in [0, 0.1) is 0 Å². The van der Waals surface area contributed by atoms with Gasteiger partial charge in [0, 0.05) is 6.42 Å². The zero-order valence-corrected chi connectivity index (χ0v) is 17.6. The van der Waals surface area contributed by atoms with Crippen LogP contribution in [0.3, 0.4) is 0 Å². The molecular formula is C22H24ClN3O5. The summed E-state index contributed by atoms with van der Waals surface area (Å²) in [6.07, 6.45) is -0.540. The molecule has 0 radical (unpaired) electrons. The predicted molar refractivity (Wildman–Crippen MR) is 115 cm³/mol. The summed E-state index contributed by atoms with van der Waals surface area (Å²) >= 11 is 5.44. The fourth-order valence-electron chi connectivity index (χ4n) is 2.59. The SMILES string of the molecule is O=C(CCl)CNC(=O)C(Cc1ccccc1)NC(=O)CNC(=O)OCc1ccccc1. The van der Waals surface area contributed by atoms with Crippen LogP contribution >= 0.6 is 11.6 Å². The van der Waals surface area contributed by atoms with Gasteiger partial charge in [0.05, 0.1) is 12.4 Å². The van der Waals surface area contributed by atoms with Gasteiger partial charge in [0.25, 0.3) is 0 Å². The van der Waals surface area contributed by atoms with Crippen LogP contribution in [0.15, 0.2) is 60.7 Å². The summed E-state index contributed by atoms with van der Waals surface area (Å²) in [5, 5.41) is 7.38. The Balaban J connectivity index is 1.86. The van der Waals surface area contributed by atoms with Crippen LogP contribution in [0.25, 0.3) is 0 Å². The second kappa shape index (κ2) is 13.0. The van der Waals surface area contributed by atoms with Crippen LogP contribution in [0.2, 0.25) is 0 Å². The summed E-state index contributed by atoms with van der Waals surface area (Å²) in [5.74, 6) is -1.66. The number of amides is 3. The number of carbonyl (C=O) groups excluding carboxylic acids is 4. The molecule has 164 valence electrons. The van der Waals surface area contributed by atoms with E-state index in [-0.39, 0.29) is 37.8 Å². The minimum absolute atomic E-state index is 0.0714. The average molecular weight is 446 g/mol. The second-order valence-corrected chi connectivity index (χ2v) is 6.88. The smallest absolute Gasteiger partial charge is 0.407 e. The lowest BCUT2D eigenvalue weighted by molar-refractivity contribution is -0.129. The fourth-order valence-corrected chi connectivity index (χ4v) is 2.68. The molecule has 0 aliphatic rings. The molecule has 2 rings (SSSR count). The van der Waals surface area contributed by atoms with Gasteiger partial charge in [-0.15, -0.1) is 11.6 Å². The Morgan fingerprint density at radius 1 is 0.839 bits per heavy atom. The molecule has 0 fully saturated rings. The highest BCUT2D eigenvalue weighted by atomic mass is 35.5. The lowest BCUT2D eigenvalue weighted by atomic mass is 10.1. The average Bonchev–Trinajstić information content (AvgIpc) is 2.80. The molecule has 0 bridgehead atoms. The largest absolute Gasteiger partial charge is 0.445 e. The number of nitrogens with one attached hydrogen (secondary N) is 3. The van der Waals surface area contributed by atoms with E-state index in [1.165, 1.54) is 0 Å². The molecule has 0 heterocycles. The van der Waals surface area contributed by atoms with Gasteiger partial charge in [-0.25, -0.2) is 4.79 Å². The molecular weight excluding hydrogens is 422 g/mol. The van der Waals surface area contributed by atoms with Crippen molar-refractivity contribution < 1.29 is 23.9 Å². The lowest BCUT2D eigenvalue weighted by Gasteiger charge is -2.18. The molecule has 31 heavy (non-hydrogen) atoms. The number of alkyl carbamates (subject to hydrolysis) is 1. The normalized spacial score (nSPS) is 11.1. The maximum Gasteiger partial charge on any atom is 0.407 e. The van der Waals surface area contributed by atoms with Crippen molar-refractivity contribution in [2.75, 3.05) is 19.0 Å². The zero-order valence-electron chi connectivity index (χ0n) is 16.8. The number of ketones is 1. The lowest BCUT2D eigenvalue weighted by Crippen LogP contribution is -2.51. The summed E-state index contributed by atoms with van der Waals surface area (Å²) in [6.45, 7) is -0.526. The molecule has 1 atom stereocenters. The summed E-state index contributed by atoms with van der Waals surface area (Å²) in [7, 11) is 0. The summed E-state index contributed by atoms with van der Waals surface area (Å²) in [6, 6.07) is 17.3. The summed E-state index contributed by atoms with van der Waals surface area (Å²) in [5.41, 5.74) is 1.63. The number of hydrogen-bond donors (Lipinski definition) is 3. The minimum atomic E-state index is -0.930. The first-order chi connectivity index (χ1) is 15.0. The molecule has 0 spiro atoms. The Kier molecular flexibility index (Phi) is 10.0. The third kappa shape index (κ3) is 9.31. The molecule has 1 unspecified atom stereocenters. The van der Waals surface area contributed by atoms with Gasteiger partial charge in [0.2, 0.25) is 11.8 Å². The van der Waals surface area contributed by atoms with E-state index in [4.69, 9.17) is 16.3 Å². The van der Waals surface area contributed by atoms with Gasteiger partial charge in [-0.1, -0.05) is 60.7 Å². The van der Waals surface area contributed by atoms with Gasteiger partial charge >= 0.3 is 6.09 Å². The molecule has 0 saturated carbocycles. The Hall–Kier alpha value is -3.39. The van der Waals surface area contributed by atoms with E-state index in [0.29, 0.717) is 0 Å². The molecule has 8 nitrogen and oxygen atoms in total. The number of carbonyl (C=O) groups is 4. The number of rotatable bonds is 11. The minimum Gasteiger partial charge on any atom is -0.445 e. The number of ether oxygens (including phenoxy) is 1. The van der Waals surface area contributed by atoms with Crippen molar-refractivity contribution in [1.82, 2.24) is 16.0 Å². The molecule has 2 aromatic rings. The predicted octanol–water partition coefficient (Wildman–Crippen LogP) is 1.56. The molecule has 0 aliphatic heterocycles. The van der Waals surface area contributed by atoms with E-state index in [2.05, 4.69) is 16.0 Å². The molecule has 0 aliphatic carbocycles. The van der Waals surface area contributed by atoms with Crippen molar-refractivity contribution in [3.63, 3.8) is 0 Å². The van der Waals surface area contributed by atoms with Crippen molar-refractivity contribution in [1.29, 1.82) is 0 Å². The first-order valence-electron chi connectivity index (χ1n) is 9.61. The fraction of sp³-hybridized carbons (Fsp3) is 0.273. The topological polar surface area (TPSA) is 114 Å².